The van der Waals surface area contributed by atoms with Crippen molar-refractivity contribution in [3.63, 3.8) is 0 Å². The predicted molar refractivity (Wildman–Crippen MR) is 49.6 cm³/mol. The van der Waals surface area contributed by atoms with Crippen molar-refractivity contribution in [2.75, 3.05) is 0 Å². The Morgan fingerprint density at radius 3 is 3.00 bits per heavy atom. The summed E-state index contributed by atoms with van der Waals surface area (Å²) in [5.74, 6) is 0. The second-order valence-corrected chi connectivity index (χ2v) is 2.60. The average molecular weight is 156 g/mol. The van der Waals surface area contributed by atoms with Gasteiger partial charge in [-0.15, -0.1) is 0 Å². The molecule has 0 saturated carbocycles. The van der Waals surface area contributed by atoms with E-state index in [1.165, 1.54) is 6.21 Å². The zero-order chi connectivity index (χ0) is 8.39. The van der Waals surface area contributed by atoms with Crippen LogP contribution in [0.25, 0.3) is 10.9 Å². The van der Waals surface area contributed by atoms with Gasteiger partial charge < -0.3 is 5.41 Å². The van der Waals surface area contributed by atoms with E-state index in [1.54, 1.807) is 6.20 Å². The Bertz CT molecular complexity index is 421. The molecule has 2 rings (SSSR count). The van der Waals surface area contributed by atoms with Crippen LogP contribution in [0.15, 0.2) is 36.5 Å². The van der Waals surface area contributed by atoms with Gasteiger partial charge in [0.05, 0.1) is 5.52 Å². The molecule has 0 spiro atoms. The maximum absolute atomic E-state index is 7.07. The molecule has 1 aromatic carbocycles. The van der Waals surface area contributed by atoms with E-state index < -0.39 is 0 Å². The van der Waals surface area contributed by atoms with Gasteiger partial charge in [-0.3, -0.25) is 4.98 Å². The molecule has 1 aromatic heterocycles. The van der Waals surface area contributed by atoms with Gasteiger partial charge in [0.15, 0.2) is 0 Å². The number of hydrogen-bond acceptors (Lipinski definition) is 2. The molecule has 0 aliphatic carbocycles. The molecule has 0 radical (unpaired) electrons. The largest absolute Gasteiger partial charge is 0.308 e. The van der Waals surface area contributed by atoms with Crippen molar-refractivity contribution in [1.29, 1.82) is 5.41 Å². The van der Waals surface area contributed by atoms with Crippen molar-refractivity contribution in [3.05, 3.63) is 42.1 Å². The molecule has 58 valence electrons. The Labute approximate surface area is 70.4 Å². The zero-order valence-electron chi connectivity index (χ0n) is 6.49. The van der Waals surface area contributed by atoms with Crippen molar-refractivity contribution < 1.29 is 0 Å². The Balaban J connectivity index is 2.75. The number of aromatic nitrogens is 1. The maximum Gasteiger partial charge on any atom is 0.0708 e. The minimum atomic E-state index is 0.890. The van der Waals surface area contributed by atoms with Gasteiger partial charge in [-0.2, -0.15) is 0 Å². The lowest BCUT2D eigenvalue weighted by atomic mass is 10.1. The summed E-state index contributed by atoms with van der Waals surface area (Å²) in [6.07, 6.45) is 3.09. The van der Waals surface area contributed by atoms with Crippen LogP contribution < -0.4 is 0 Å². The molecule has 1 heterocycles. The normalized spacial score (nSPS) is 10.0. The minimum Gasteiger partial charge on any atom is -0.308 e. The van der Waals surface area contributed by atoms with Crippen LogP contribution in [0, 0.1) is 5.41 Å². The molecule has 0 atom stereocenters. The van der Waals surface area contributed by atoms with E-state index >= 15 is 0 Å². The van der Waals surface area contributed by atoms with Gasteiger partial charge in [0.25, 0.3) is 0 Å². The third kappa shape index (κ3) is 1.07. The fourth-order valence-corrected chi connectivity index (χ4v) is 1.17. The number of benzene rings is 1. The molecular formula is C10H8N2. The number of nitrogens with one attached hydrogen (secondary N) is 1. The number of hydrogen-bond donors (Lipinski definition) is 1. The van der Waals surface area contributed by atoms with E-state index in [9.17, 15) is 0 Å². The summed E-state index contributed by atoms with van der Waals surface area (Å²) in [5.41, 5.74) is 1.83. The maximum atomic E-state index is 7.07. The van der Waals surface area contributed by atoms with Gasteiger partial charge in [-0.25, -0.2) is 0 Å². The minimum absolute atomic E-state index is 0.890. The smallest absolute Gasteiger partial charge is 0.0708 e. The first-order valence-corrected chi connectivity index (χ1v) is 3.75. The van der Waals surface area contributed by atoms with E-state index in [0.29, 0.717) is 0 Å². The number of fused-ring (bicyclic) bond motifs is 1. The molecule has 0 bridgehead atoms. The SMILES string of the molecule is N=Cc1ccc2cccnc2c1. The summed E-state index contributed by atoms with van der Waals surface area (Å²) in [6, 6.07) is 9.71. The third-order valence-corrected chi connectivity index (χ3v) is 1.80. The van der Waals surface area contributed by atoms with Crippen LogP contribution in [0.3, 0.4) is 0 Å². The Kier molecular flexibility index (Phi) is 1.59. The Morgan fingerprint density at radius 1 is 1.25 bits per heavy atom. The Morgan fingerprint density at radius 2 is 2.17 bits per heavy atom. The number of rotatable bonds is 1. The standard InChI is InChI=1S/C10H8N2/c11-7-8-3-4-9-2-1-5-12-10(9)6-8/h1-7,11H. The highest BCUT2D eigenvalue weighted by atomic mass is 14.6. The van der Waals surface area contributed by atoms with Crippen molar-refractivity contribution in [3.8, 4) is 0 Å². The molecule has 0 saturated heterocycles. The Hall–Kier alpha value is -1.70. The van der Waals surface area contributed by atoms with Crippen LogP contribution in [0.1, 0.15) is 5.56 Å². The summed E-state index contributed by atoms with van der Waals surface area (Å²) in [6.45, 7) is 0. The first-order chi connectivity index (χ1) is 5.90. The van der Waals surface area contributed by atoms with Crippen molar-refractivity contribution in [2.24, 2.45) is 0 Å². The number of nitrogens with zero attached hydrogens (tertiary/aromatic N) is 1. The van der Waals surface area contributed by atoms with E-state index in [1.807, 2.05) is 30.3 Å². The van der Waals surface area contributed by atoms with Gasteiger partial charge in [-0.1, -0.05) is 18.2 Å². The average Bonchev–Trinajstić information content (AvgIpc) is 2.17. The summed E-state index contributed by atoms with van der Waals surface area (Å²) >= 11 is 0. The second kappa shape index (κ2) is 2.74. The number of pyridine rings is 1. The molecule has 2 aromatic rings. The van der Waals surface area contributed by atoms with E-state index in [0.717, 1.165) is 16.5 Å². The zero-order valence-corrected chi connectivity index (χ0v) is 6.49. The highest BCUT2D eigenvalue weighted by Crippen LogP contribution is 2.11. The molecular weight excluding hydrogens is 148 g/mol. The lowest BCUT2D eigenvalue weighted by molar-refractivity contribution is 1.41. The summed E-state index contributed by atoms with van der Waals surface area (Å²) < 4.78 is 0. The van der Waals surface area contributed by atoms with Crippen LogP contribution in [-0.2, 0) is 0 Å². The molecule has 0 aliphatic rings. The highest BCUT2D eigenvalue weighted by molar-refractivity contribution is 5.87. The van der Waals surface area contributed by atoms with Crippen LogP contribution in [0.4, 0.5) is 0 Å². The fraction of sp³-hybridized carbons (Fsp3) is 0. The predicted octanol–water partition coefficient (Wildman–Crippen LogP) is 2.23. The van der Waals surface area contributed by atoms with Gasteiger partial charge in [0.1, 0.15) is 0 Å². The summed E-state index contributed by atoms with van der Waals surface area (Å²) in [5, 5.41) is 8.18. The highest BCUT2D eigenvalue weighted by Gasteiger charge is 1.92. The fourth-order valence-electron chi connectivity index (χ4n) is 1.17. The summed E-state index contributed by atoms with van der Waals surface area (Å²) in [7, 11) is 0. The molecule has 12 heavy (non-hydrogen) atoms. The van der Waals surface area contributed by atoms with Crippen molar-refractivity contribution >= 4 is 17.1 Å². The molecule has 0 fully saturated rings. The lowest BCUT2D eigenvalue weighted by Crippen LogP contribution is -1.81. The first kappa shape index (κ1) is 6.98. The van der Waals surface area contributed by atoms with Gasteiger partial charge >= 0.3 is 0 Å². The molecule has 1 N–H and O–H groups in total. The van der Waals surface area contributed by atoms with Gasteiger partial charge in [-0.05, 0) is 17.7 Å². The van der Waals surface area contributed by atoms with Crippen LogP contribution in [0.5, 0.6) is 0 Å². The topological polar surface area (TPSA) is 36.7 Å². The van der Waals surface area contributed by atoms with E-state index in [4.69, 9.17) is 5.41 Å². The van der Waals surface area contributed by atoms with Crippen LogP contribution in [0.2, 0.25) is 0 Å². The van der Waals surface area contributed by atoms with E-state index in [2.05, 4.69) is 4.98 Å². The van der Waals surface area contributed by atoms with Crippen molar-refractivity contribution in [1.82, 2.24) is 4.98 Å². The third-order valence-electron chi connectivity index (χ3n) is 1.80. The monoisotopic (exact) mass is 156 g/mol. The molecule has 2 heteroatoms. The van der Waals surface area contributed by atoms with Gasteiger partial charge in [0, 0.05) is 17.8 Å². The van der Waals surface area contributed by atoms with E-state index in [-0.39, 0.29) is 0 Å². The summed E-state index contributed by atoms with van der Waals surface area (Å²) in [4.78, 5) is 4.19. The lowest BCUT2D eigenvalue weighted by Gasteiger charge is -1.96. The quantitative estimate of drug-likeness (QED) is 0.631. The molecule has 0 aliphatic heterocycles. The molecule has 0 unspecified atom stereocenters. The first-order valence-electron chi connectivity index (χ1n) is 3.75. The van der Waals surface area contributed by atoms with Crippen molar-refractivity contribution in [2.45, 2.75) is 0 Å². The molecule has 2 nitrogen and oxygen atoms in total. The van der Waals surface area contributed by atoms with Crippen LogP contribution in [-0.4, -0.2) is 11.2 Å². The molecule has 0 amide bonds. The van der Waals surface area contributed by atoms with Crippen LogP contribution >= 0.6 is 0 Å². The second-order valence-electron chi connectivity index (χ2n) is 2.60. The van der Waals surface area contributed by atoms with Gasteiger partial charge in [0.2, 0.25) is 0 Å².